The maximum absolute atomic E-state index is 14.4. The zero-order valence-electron chi connectivity index (χ0n) is 11.1. The minimum atomic E-state index is -0.732. The fourth-order valence-corrected chi connectivity index (χ4v) is 3.74. The van der Waals surface area contributed by atoms with Gasteiger partial charge in [-0.2, -0.15) is 0 Å². The van der Waals surface area contributed by atoms with Gasteiger partial charge in [0.25, 0.3) is 0 Å². The van der Waals surface area contributed by atoms with Gasteiger partial charge < -0.3 is 16.2 Å². The largest absolute Gasteiger partial charge is 0.494 e. The molecule has 4 N–H and O–H groups in total. The maximum Gasteiger partial charge on any atom is 0.180 e. The average Bonchev–Trinajstić information content (AvgIpc) is 2.78. The number of halogens is 1. The fourth-order valence-electron chi connectivity index (χ4n) is 2.74. The molecule has 1 aromatic carbocycles. The molecule has 0 radical (unpaired) electrons. The van der Waals surface area contributed by atoms with E-state index in [1.54, 1.807) is 18.2 Å². The Labute approximate surface area is 120 Å². The van der Waals surface area contributed by atoms with Gasteiger partial charge in [0.05, 0.1) is 12.8 Å². The van der Waals surface area contributed by atoms with E-state index >= 15 is 0 Å². The SMILES string of the molecule is COc1cccc([C@]2(N)CCc3nc(N)sc3C2)c1F. The first kappa shape index (κ1) is 13.3. The predicted octanol–water partition coefficient (Wildman–Crippen LogP) is 2.22. The van der Waals surface area contributed by atoms with Gasteiger partial charge in [-0.15, -0.1) is 11.3 Å². The molecule has 0 bridgehead atoms. The molecule has 1 heterocycles. The quantitative estimate of drug-likeness (QED) is 0.890. The Hall–Kier alpha value is -1.66. The lowest BCUT2D eigenvalue weighted by Crippen LogP contribution is -2.42. The first-order valence-corrected chi connectivity index (χ1v) is 7.21. The lowest BCUT2D eigenvalue weighted by molar-refractivity contribution is 0.346. The van der Waals surface area contributed by atoms with Gasteiger partial charge >= 0.3 is 0 Å². The van der Waals surface area contributed by atoms with Crippen molar-refractivity contribution in [3.8, 4) is 5.75 Å². The lowest BCUT2D eigenvalue weighted by atomic mass is 9.78. The Morgan fingerprint density at radius 3 is 3.00 bits per heavy atom. The third kappa shape index (κ3) is 2.05. The van der Waals surface area contributed by atoms with Crippen molar-refractivity contribution in [2.45, 2.75) is 24.8 Å². The van der Waals surface area contributed by atoms with E-state index in [1.807, 2.05) is 0 Å². The second kappa shape index (κ2) is 4.71. The molecular formula is C14H16FN3OS. The van der Waals surface area contributed by atoms with Crippen molar-refractivity contribution >= 4 is 16.5 Å². The number of anilines is 1. The summed E-state index contributed by atoms with van der Waals surface area (Å²) < 4.78 is 19.5. The van der Waals surface area contributed by atoms with Crippen LogP contribution >= 0.6 is 11.3 Å². The number of methoxy groups -OCH3 is 1. The normalized spacial score (nSPS) is 21.6. The highest BCUT2D eigenvalue weighted by atomic mass is 32.1. The summed E-state index contributed by atoms with van der Waals surface area (Å²) in [6, 6.07) is 5.09. The van der Waals surface area contributed by atoms with Crippen LogP contribution in [0.3, 0.4) is 0 Å². The van der Waals surface area contributed by atoms with Gasteiger partial charge in [-0.25, -0.2) is 9.37 Å². The van der Waals surface area contributed by atoms with Gasteiger partial charge in [0.2, 0.25) is 0 Å². The van der Waals surface area contributed by atoms with Gasteiger partial charge in [0.1, 0.15) is 0 Å². The number of thiazole rings is 1. The van der Waals surface area contributed by atoms with Crippen LogP contribution in [0.4, 0.5) is 9.52 Å². The molecule has 0 saturated heterocycles. The minimum absolute atomic E-state index is 0.224. The Morgan fingerprint density at radius 2 is 2.25 bits per heavy atom. The summed E-state index contributed by atoms with van der Waals surface area (Å²) in [5, 5.41) is 0.547. The number of hydrogen-bond acceptors (Lipinski definition) is 5. The van der Waals surface area contributed by atoms with Crippen LogP contribution in [0.15, 0.2) is 18.2 Å². The highest BCUT2D eigenvalue weighted by Gasteiger charge is 2.36. The molecule has 1 aliphatic carbocycles. The number of ether oxygens (including phenoxy) is 1. The van der Waals surface area contributed by atoms with Crippen molar-refractivity contribution in [3.63, 3.8) is 0 Å². The first-order chi connectivity index (χ1) is 9.53. The molecule has 3 rings (SSSR count). The fraction of sp³-hybridized carbons (Fsp3) is 0.357. The molecular weight excluding hydrogens is 277 g/mol. The molecule has 106 valence electrons. The molecule has 0 saturated carbocycles. The molecule has 0 unspecified atom stereocenters. The van der Waals surface area contributed by atoms with Crippen molar-refractivity contribution in [2.75, 3.05) is 12.8 Å². The summed E-state index contributed by atoms with van der Waals surface area (Å²) in [7, 11) is 1.45. The maximum atomic E-state index is 14.4. The molecule has 1 aliphatic rings. The second-order valence-electron chi connectivity index (χ2n) is 5.08. The van der Waals surface area contributed by atoms with E-state index in [2.05, 4.69) is 4.98 Å². The highest BCUT2D eigenvalue weighted by molar-refractivity contribution is 7.15. The average molecular weight is 293 g/mol. The number of hydrogen-bond donors (Lipinski definition) is 2. The topological polar surface area (TPSA) is 74.2 Å². The number of fused-ring (bicyclic) bond motifs is 1. The molecule has 2 aromatic rings. The van der Waals surface area contributed by atoms with E-state index in [1.165, 1.54) is 18.4 Å². The van der Waals surface area contributed by atoms with Crippen molar-refractivity contribution < 1.29 is 9.13 Å². The number of aromatic nitrogens is 1. The number of rotatable bonds is 2. The van der Waals surface area contributed by atoms with E-state index in [4.69, 9.17) is 16.2 Å². The molecule has 1 aromatic heterocycles. The van der Waals surface area contributed by atoms with Gasteiger partial charge in [-0.05, 0) is 18.9 Å². The molecule has 0 aliphatic heterocycles. The number of aryl methyl sites for hydroxylation is 1. The summed E-state index contributed by atoms with van der Waals surface area (Å²) in [6.45, 7) is 0. The predicted molar refractivity (Wildman–Crippen MR) is 77.4 cm³/mol. The van der Waals surface area contributed by atoms with Crippen LogP contribution in [0.2, 0.25) is 0 Å². The van der Waals surface area contributed by atoms with Crippen LogP contribution in [0.5, 0.6) is 5.75 Å². The molecule has 0 amide bonds. The highest BCUT2D eigenvalue weighted by Crippen LogP contribution is 2.39. The third-order valence-corrected chi connectivity index (χ3v) is 4.73. The number of benzene rings is 1. The Bertz CT molecular complexity index is 658. The summed E-state index contributed by atoms with van der Waals surface area (Å²) in [5.74, 6) is -0.152. The van der Waals surface area contributed by atoms with Crippen molar-refractivity contribution in [3.05, 3.63) is 40.2 Å². The van der Waals surface area contributed by atoms with Crippen LogP contribution < -0.4 is 16.2 Å². The standard InChI is InChI=1S/C14H16FN3OS/c1-19-10-4-2-3-8(12(10)15)14(17)6-5-9-11(7-14)20-13(16)18-9/h2-4H,5-7,17H2,1H3,(H2,16,18)/t14-/m0/s1. The van der Waals surface area contributed by atoms with Gasteiger partial charge in [0, 0.05) is 22.4 Å². The van der Waals surface area contributed by atoms with Gasteiger partial charge in [0.15, 0.2) is 16.7 Å². The minimum Gasteiger partial charge on any atom is -0.494 e. The molecule has 1 atom stereocenters. The van der Waals surface area contributed by atoms with Gasteiger partial charge in [-0.1, -0.05) is 12.1 Å². The summed E-state index contributed by atoms with van der Waals surface area (Å²) in [4.78, 5) is 5.34. The molecule has 0 spiro atoms. The van der Waals surface area contributed by atoms with E-state index < -0.39 is 5.54 Å². The third-order valence-electron chi connectivity index (χ3n) is 3.80. The molecule has 6 heteroatoms. The van der Waals surface area contributed by atoms with Crippen LogP contribution in [0.1, 0.15) is 22.6 Å². The molecule has 0 fully saturated rings. The van der Waals surface area contributed by atoms with E-state index in [0.717, 1.165) is 17.0 Å². The van der Waals surface area contributed by atoms with Gasteiger partial charge in [-0.3, -0.25) is 0 Å². The summed E-state index contributed by atoms with van der Waals surface area (Å²) >= 11 is 1.44. The van der Waals surface area contributed by atoms with E-state index in [0.29, 0.717) is 23.5 Å². The van der Waals surface area contributed by atoms with E-state index in [9.17, 15) is 4.39 Å². The zero-order valence-corrected chi connectivity index (χ0v) is 12.0. The smallest absolute Gasteiger partial charge is 0.180 e. The summed E-state index contributed by atoms with van der Waals surface area (Å²) in [5.41, 5.74) is 13.0. The van der Waals surface area contributed by atoms with Crippen LogP contribution in [-0.2, 0) is 18.4 Å². The monoisotopic (exact) mass is 293 g/mol. The van der Waals surface area contributed by atoms with Crippen molar-refractivity contribution in [1.82, 2.24) is 4.98 Å². The van der Waals surface area contributed by atoms with Crippen LogP contribution in [0.25, 0.3) is 0 Å². The number of nitrogens with zero attached hydrogens (tertiary/aromatic N) is 1. The van der Waals surface area contributed by atoms with Crippen LogP contribution in [-0.4, -0.2) is 12.1 Å². The van der Waals surface area contributed by atoms with Crippen LogP contribution in [0, 0.1) is 5.82 Å². The number of nitrogens with two attached hydrogens (primary N) is 2. The molecule has 20 heavy (non-hydrogen) atoms. The molecule has 4 nitrogen and oxygen atoms in total. The zero-order chi connectivity index (χ0) is 14.3. The van der Waals surface area contributed by atoms with Crippen molar-refractivity contribution in [2.24, 2.45) is 5.73 Å². The Balaban J connectivity index is 2.02. The number of nitrogen functional groups attached to an aromatic ring is 1. The Morgan fingerprint density at radius 1 is 1.45 bits per heavy atom. The first-order valence-electron chi connectivity index (χ1n) is 6.39. The Kier molecular flexibility index (Phi) is 3.14. The van der Waals surface area contributed by atoms with E-state index in [-0.39, 0.29) is 11.6 Å². The second-order valence-corrected chi connectivity index (χ2v) is 6.19. The van der Waals surface area contributed by atoms with Crippen molar-refractivity contribution in [1.29, 1.82) is 0 Å². The summed E-state index contributed by atoms with van der Waals surface area (Å²) in [6.07, 6.45) is 1.92. The lowest BCUT2D eigenvalue weighted by Gasteiger charge is -2.33.